The first-order valence-electron chi connectivity index (χ1n) is 7.44. The summed E-state index contributed by atoms with van der Waals surface area (Å²) in [6.45, 7) is 0.0830. The molecule has 0 unspecified atom stereocenters. The van der Waals surface area contributed by atoms with E-state index in [2.05, 4.69) is 10.3 Å². The lowest BCUT2D eigenvalue weighted by Gasteiger charge is -2.38. The van der Waals surface area contributed by atoms with E-state index in [-0.39, 0.29) is 19.0 Å². The van der Waals surface area contributed by atoms with Crippen molar-refractivity contribution in [2.24, 2.45) is 0 Å². The largest absolute Gasteiger partial charge is 0.471 e. The average molecular weight is 373 g/mol. The van der Waals surface area contributed by atoms with Crippen LogP contribution in [0, 0.1) is 11.6 Å². The van der Waals surface area contributed by atoms with Crippen molar-refractivity contribution in [3.05, 3.63) is 53.7 Å². The van der Waals surface area contributed by atoms with E-state index >= 15 is 0 Å². The van der Waals surface area contributed by atoms with Crippen LogP contribution in [-0.4, -0.2) is 35.1 Å². The van der Waals surface area contributed by atoms with E-state index < -0.39 is 41.2 Å². The number of nitrogens with one attached hydrogen (secondary N) is 1. The molecule has 3 rings (SSSR count). The van der Waals surface area contributed by atoms with Gasteiger partial charge in [0.15, 0.2) is 0 Å². The Kier molecular flexibility index (Phi) is 4.66. The summed E-state index contributed by atoms with van der Waals surface area (Å²) in [6, 6.07) is 4.00. The number of para-hydroxylation sites is 1. The topological polar surface area (TPSA) is 54.5 Å². The molecule has 26 heavy (non-hydrogen) atoms. The quantitative estimate of drug-likeness (QED) is 0.836. The molecule has 138 valence electrons. The lowest BCUT2D eigenvalue weighted by Crippen LogP contribution is -2.57. The summed E-state index contributed by atoms with van der Waals surface area (Å²) >= 11 is 0. The van der Waals surface area contributed by atoms with E-state index in [4.69, 9.17) is 4.74 Å². The van der Waals surface area contributed by atoms with Crippen molar-refractivity contribution in [2.45, 2.75) is 12.3 Å². The fourth-order valence-electron chi connectivity index (χ4n) is 2.30. The third-order valence-corrected chi connectivity index (χ3v) is 3.68. The molecule has 1 aromatic carbocycles. The molecule has 1 aliphatic rings. The number of amides is 2. The zero-order chi connectivity index (χ0) is 18.9. The number of alkyl halides is 3. The van der Waals surface area contributed by atoms with Crippen molar-refractivity contribution >= 4 is 11.7 Å². The Bertz CT molecular complexity index is 802. The van der Waals surface area contributed by atoms with E-state index in [0.717, 1.165) is 36.5 Å². The minimum absolute atomic E-state index is 0.0415. The fourth-order valence-corrected chi connectivity index (χ4v) is 2.30. The molecule has 1 fully saturated rings. The van der Waals surface area contributed by atoms with Gasteiger partial charge in [-0.15, -0.1) is 0 Å². The zero-order valence-corrected chi connectivity index (χ0v) is 13.1. The van der Waals surface area contributed by atoms with Crippen molar-refractivity contribution in [1.82, 2.24) is 9.88 Å². The summed E-state index contributed by atoms with van der Waals surface area (Å²) in [5.74, 6) is -2.05. The van der Waals surface area contributed by atoms with Gasteiger partial charge < -0.3 is 15.0 Å². The number of nitrogens with zero attached hydrogens (tertiary/aromatic N) is 2. The average Bonchev–Trinajstić information content (AvgIpc) is 2.53. The summed E-state index contributed by atoms with van der Waals surface area (Å²) in [5, 5.41) is 2.11. The van der Waals surface area contributed by atoms with Gasteiger partial charge in [-0.2, -0.15) is 13.2 Å². The van der Waals surface area contributed by atoms with Crippen LogP contribution in [-0.2, 0) is 6.18 Å². The SMILES string of the molecule is O=C(Nc1c(F)cccc1F)N1CC(Oc2cc(C(F)(F)F)ccn2)C1. The zero-order valence-electron chi connectivity index (χ0n) is 13.1. The third-order valence-electron chi connectivity index (χ3n) is 3.68. The Morgan fingerprint density at radius 1 is 1.19 bits per heavy atom. The van der Waals surface area contributed by atoms with Crippen molar-refractivity contribution < 1.29 is 31.5 Å². The Labute approximate surface area is 144 Å². The molecule has 2 amide bonds. The predicted octanol–water partition coefficient (Wildman–Crippen LogP) is 3.67. The van der Waals surface area contributed by atoms with Gasteiger partial charge in [0.1, 0.15) is 23.4 Å². The highest BCUT2D eigenvalue weighted by Gasteiger charge is 2.35. The van der Waals surface area contributed by atoms with Gasteiger partial charge in [-0.1, -0.05) is 6.07 Å². The Balaban J connectivity index is 1.55. The van der Waals surface area contributed by atoms with Crippen LogP contribution in [0.25, 0.3) is 0 Å². The van der Waals surface area contributed by atoms with Gasteiger partial charge in [-0.25, -0.2) is 18.6 Å². The molecule has 0 aliphatic carbocycles. The summed E-state index contributed by atoms with van der Waals surface area (Å²) in [7, 11) is 0. The number of hydrogen-bond donors (Lipinski definition) is 1. The normalized spacial score (nSPS) is 14.7. The first kappa shape index (κ1) is 17.9. The molecular formula is C16H12F5N3O2. The minimum atomic E-state index is -4.52. The van der Waals surface area contributed by atoms with Gasteiger partial charge >= 0.3 is 12.2 Å². The molecule has 5 nitrogen and oxygen atoms in total. The van der Waals surface area contributed by atoms with E-state index in [9.17, 15) is 26.7 Å². The Hall–Kier alpha value is -2.91. The molecule has 1 N–H and O–H groups in total. The van der Waals surface area contributed by atoms with Crippen LogP contribution in [0.4, 0.5) is 32.4 Å². The second-order valence-corrected chi connectivity index (χ2v) is 5.55. The lowest BCUT2D eigenvalue weighted by atomic mass is 10.2. The first-order chi connectivity index (χ1) is 12.2. The van der Waals surface area contributed by atoms with Crippen LogP contribution in [0.3, 0.4) is 0 Å². The van der Waals surface area contributed by atoms with Crippen molar-refractivity contribution in [3.8, 4) is 5.88 Å². The highest BCUT2D eigenvalue weighted by Crippen LogP contribution is 2.31. The molecule has 0 saturated carbocycles. The Morgan fingerprint density at radius 2 is 1.85 bits per heavy atom. The smallest absolute Gasteiger partial charge is 0.416 e. The number of benzene rings is 1. The van der Waals surface area contributed by atoms with Gasteiger partial charge in [0.25, 0.3) is 0 Å². The van der Waals surface area contributed by atoms with Crippen LogP contribution in [0.15, 0.2) is 36.5 Å². The number of likely N-dealkylation sites (tertiary alicyclic amines) is 1. The van der Waals surface area contributed by atoms with Crippen molar-refractivity contribution in [2.75, 3.05) is 18.4 Å². The van der Waals surface area contributed by atoms with E-state index in [1.54, 1.807) is 0 Å². The van der Waals surface area contributed by atoms with Gasteiger partial charge in [-0.05, 0) is 18.2 Å². The van der Waals surface area contributed by atoms with Crippen molar-refractivity contribution in [1.29, 1.82) is 0 Å². The highest BCUT2D eigenvalue weighted by atomic mass is 19.4. The number of carbonyl (C=O) groups is 1. The molecule has 2 aromatic rings. The minimum Gasteiger partial charge on any atom is -0.471 e. The summed E-state index contributed by atoms with van der Waals surface area (Å²) in [6.07, 6.45) is -4.11. The number of pyridine rings is 1. The summed E-state index contributed by atoms with van der Waals surface area (Å²) in [4.78, 5) is 16.8. The van der Waals surface area contributed by atoms with Gasteiger partial charge in [0, 0.05) is 12.3 Å². The number of hydrogen-bond acceptors (Lipinski definition) is 3. The van der Waals surface area contributed by atoms with Gasteiger partial charge in [0.05, 0.1) is 18.7 Å². The van der Waals surface area contributed by atoms with Gasteiger partial charge in [-0.3, -0.25) is 0 Å². The van der Waals surface area contributed by atoms with Crippen LogP contribution in [0.5, 0.6) is 5.88 Å². The van der Waals surface area contributed by atoms with E-state index in [0.29, 0.717) is 0 Å². The van der Waals surface area contributed by atoms with Crippen LogP contribution >= 0.6 is 0 Å². The van der Waals surface area contributed by atoms with E-state index in [1.807, 2.05) is 0 Å². The monoisotopic (exact) mass is 373 g/mol. The molecule has 0 radical (unpaired) electrons. The maximum atomic E-state index is 13.5. The second kappa shape index (κ2) is 6.77. The van der Waals surface area contributed by atoms with Crippen LogP contribution in [0.2, 0.25) is 0 Å². The number of ether oxygens (including phenoxy) is 1. The maximum Gasteiger partial charge on any atom is 0.416 e. The van der Waals surface area contributed by atoms with E-state index in [1.165, 1.54) is 4.90 Å². The second-order valence-electron chi connectivity index (χ2n) is 5.55. The summed E-state index contributed by atoms with van der Waals surface area (Å²) < 4.78 is 70.2. The number of aromatic nitrogens is 1. The first-order valence-corrected chi connectivity index (χ1v) is 7.44. The number of urea groups is 1. The standard InChI is InChI=1S/C16H12F5N3O2/c17-11-2-1-3-12(18)14(11)23-15(25)24-7-10(8-24)26-13-6-9(4-5-22-13)16(19,20)21/h1-6,10H,7-8H2,(H,23,25). The molecule has 10 heteroatoms. The molecule has 0 spiro atoms. The molecule has 1 aliphatic heterocycles. The number of anilines is 1. The Morgan fingerprint density at radius 3 is 2.46 bits per heavy atom. The lowest BCUT2D eigenvalue weighted by molar-refractivity contribution is -0.137. The number of rotatable bonds is 3. The third kappa shape index (κ3) is 3.84. The number of halogens is 5. The van der Waals surface area contributed by atoms with Crippen molar-refractivity contribution in [3.63, 3.8) is 0 Å². The van der Waals surface area contributed by atoms with Gasteiger partial charge in [0.2, 0.25) is 5.88 Å². The summed E-state index contributed by atoms with van der Waals surface area (Å²) in [5.41, 5.74) is -1.46. The molecule has 0 atom stereocenters. The maximum absolute atomic E-state index is 13.5. The van der Waals surface area contributed by atoms with Crippen LogP contribution in [0.1, 0.15) is 5.56 Å². The molecule has 2 heterocycles. The molecule has 0 bridgehead atoms. The molecule has 1 saturated heterocycles. The predicted molar refractivity (Wildman–Crippen MR) is 80.6 cm³/mol. The molecule has 1 aromatic heterocycles. The molecular weight excluding hydrogens is 361 g/mol. The fraction of sp³-hybridized carbons (Fsp3) is 0.250. The highest BCUT2D eigenvalue weighted by molar-refractivity contribution is 5.90. The number of carbonyl (C=O) groups excluding carboxylic acids is 1. The van der Waals surface area contributed by atoms with Crippen LogP contribution < -0.4 is 10.1 Å².